The Kier molecular flexibility index (Phi) is 3.54. The zero-order chi connectivity index (χ0) is 15.1. The zero-order valence-electron chi connectivity index (χ0n) is 11.9. The maximum absolute atomic E-state index is 11.3. The van der Waals surface area contributed by atoms with Gasteiger partial charge in [-0.15, -0.1) is 11.3 Å². The Morgan fingerprint density at radius 2 is 2.29 bits per heavy atom. The first-order valence-corrected chi connectivity index (χ1v) is 7.71. The van der Waals surface area contributed by atoms with E-state index in [2.05, 4.69) is 21.8 Å². The van der Waals surface area contributed by atoms with Crippen molar-refractivity contribution in [2.45, 2.75) is 26.3 Å². The molecule has 1 aliphatic rings. The summed E-state index contributed by atoms with van der Waals surface area (Å²) in [6.07, 6.45) is 2.46. The molecule has 1 aliphatic heterocycles. The topological polar surface area (TPSA) is 86.5 Å². The predicted octanol–water partition coefficient (Wildman–Crippen LogP) is 1.91. The van der Waals surface area contributed by atoms with Gasteiger partial charge in [-0.25, -0.2) is 14.8 Å². The molecule has 0 saturated carbocycles. The van der Waals surface area contributed by atoms with Crippen molar-refractivity contribution < 1.29 is 15.0 Å². The number of rotatable bonds is 3. The van der Waals surface area contributed by atoms with Gasteiger partial charge < -0.3 is 15.1 Å². The monoisotopic (exact) mass is 307 g/mol. The lowest BCUT2D eigenvalue weighted by Gasteiger charge is -2.26. The minimum Gasteiger partial charge on any atom is -0.477 e. The van der Waals surface area contributed by atoms with Crippen molar-refractivity contribution in [2.75, 3.05) is 18.1 Å². The molecule has 0 bridgehead atoms. The molecule has 1 saturated heterocycles. The number of hydrogen-bond acceptors (Lipinski definition) is 6. The first kappa shape index (κ1) is 14.2. The van der Waals surface area contributed by atoms with Crippen LogP contribution in [0, 0.1) is 12.8 Å². The van der Waals surface area contributed by atoms with Crippen LogP contribution in [0.25, 0.3) is 10.2 Å². The molecule has 2 aromatic heterocycles. The van der Waals surface area contributed by atoms with E-state index < -0.39 is 5.97 Å². The van der Waals surface area contributed by atoms with Gasteiger partial charge >= 0.3 is 5.97 Å². The third-order valence-electron chi connectivity index (χ3n) is 4.24. The van der Waals surface area contributed by atoms with Gasteiger partial charge in [-0.05, 0) is 24.8 Å². The molecule has 0 aromatic carbocycles. The van der Waals surface area contributed by atoms with Crippen LogP contribution >= 0.6 is 11.3 Å². The van der Waals surface area contributed by atoms with Crippen LogP contribution in [0.2, 0.25) is 0 Å². The van der Waals surface area contributed by atoms with Gasteiger partial charge in [-0.3, -0.25) is 0 Å². The van der Waals surface area contributed by atoms with E-state index in [4.69, 9.17) is 0 Å². The van der Waals surface area contributed by atoms with E-state index >= 15 is 0 Å². The molecule has 2 unspecified atom stereocenters. The average Bonchev–Trinajstić information content (AvgIpc) is 2.99. The number of thiophene rings is 1. The van der Waals surface area contributed by atoms with E-state index in [1.807, 2.05) is 0 Å². The number of aromatic carboxylic acids is 1. The molecule has 2 atom stereocenters. The summed E-state index contributed by atoms with van der Waals surface area (Å²) in [5.74, 6) is 0.192. The first-order chi connectivity index (χ1) is 10.0. The standard InChI is InChI=1S/C14H17N3O3S/c1-7-3-4-17(9(7)5-18)12-10-8(2)11(14(19)20)21-13(10)16-6-15-12/h6-7,9,18H,3-5H2,1-2H3,(H,19,20). The van der Waals surface area contributed by atoms with Crippen molar-refractivity contribution >= 4 is 33.3 Å². The number of aliphatic hydroxyl groups is 1. The van der Waals surface area contributed by atoms with Gasteiger partial charge in [0.25, 0.3) is 0 Å². The summed E-state index contributed by atoms with van der Waals surface area (Å²) in [5.41, 5.74) is 0.703. The number of aromatic nitrogens is 2. The van der Waals surface area contributed by atoms with E-state index in [1.165, 1.54) is 17.7 Å². The highest BCUT2D eigenvalue weighted by Gasteiger charge is 2.33. The van der Waals surface area contributed by atoms with Gasteiger partial charge in [0.2, 0.25) is 0 Å². The molecule has 7 heteroatoms. The highest BCUT2D eigenvalue weighted by molar-refractivity contribution is 7.20. The smallest absolute Gasteiger partial charge is 0.346 e. The van der Waals surface area contributed by atoms with Crippen LogP contribution in [0.1, 0.15) is 28.6 Å². The van der Waals surface area contributed by atoms with Crippen molar-refractivity contribution in [3.63, 3.8) is 0 Å². The summed E-state index contributed by atoms with van der Waals surface area (Å²) < 4.78 is 0. The van der Waals surface area contributed by atoms with Crippen molar-refractivity contribution in [3.8, 4) is 0 Å². The summed E-state index contributed by atoms with van der Waals surface area (Å²) in [6, 6.07) is 0.0238. The Hall–Kier alpha value is -1.73. The normalized spacial score (nSPS) is 22.1. The summed E-state index contributed by atoms with van der Waals surface area (Å²) in [6.45, 7) is 4.79. The van der Waals surface area contributed by atoms with Crippen LogP contribution in [-0.4, -0.2) is 45.3 Å². The third-order valence-corrected chi connectivity index (χ3v) is 5.43. The molecule has 3 heterocycles. The summed E-state index contributed by atoms with van der Waals surface area (Å²) in [7, 11) is 0. The van der Waals surface area contributed by atoms with Crippen LogP contribution in [0.5, 0.6) is 0 Å². The Morgan fingerprint density at radius 1 is 1.52 bits per heavy atom. The number of hydrogen-bond donors (Lipinski definition) is 2. The molecule has 112 valence electrons. The SMILES string of the molecule is Cc1c(C(=O)O)sc2ncnc(N3CCC(C)C3CO)c12. The fourth-order valence-corrected chi connectivity index (χ4v) is 4.01. The van der Waals surface area contributed by atoms with Crippen LogP contribution in [-0.2, 0) is 0 Å². The molecule has 2 N–H and O–H groups in total. The van der Waals surface area contributed by atoms with Gasteiger partial charge in [0.1, 0.15) is 21.9 Å². The largest absolute Gasteiger partial charge is 0.477 e. The van der Waals surface area contributed by atoms with Crippen molar-refractivity contribution in [3.05, 3.63) is 16.8 Å². The third kappa shape index (κ3) is 2.16. The summed E-state index contributed by atoms with van der Waals surface area (Å²) >= 11 is 1.17. The molecular weight excluding hydrogens is 290 g/mol. The highest BCUT2D eigenvalue weighted by atomic mass is 32.1. The number of carboxylic acids is 1. The Balaban J connectivity index is 2.17. The number of anilines is 1. The van der Waals surface area contributed by atoms with Gasteiger partial charge in [-0.2, -0.15) is 0 Å². The Morgan fingerprint density at radius 3 is 2.95 bits per heavy atom. The molecule has 0 spiro atoms. The minimum atomic E-state index is -0.935. The number of fused-ring (bicyclic) bond motifs is 1. The van der Waals surface area contributed by atoms with Gasteiger partial charge in [-0.1, -0.05) is 6.92 Å². The number of aliphatic hydroxyl groups excluding tert-OH is 1. The highest BCUT2D eigenvalue weighted by Crippen LogP contribution is 2.38. The van der Waals surface area contributed by atoms with E-state index in [-0.39, 0.29) is 12.6 Å². The zero-order valence-corrected chi connectivity index (χ0v) is 12.7. The molecule has 0 aliphatic carbocycles. The Bertz CT molecular complexity index is 700. The van der Waals surface area contributed by atoms with Gasteiger partial charge in [0, 0.05) is 6.54 Å². The number of nitrogens with zero attached hydrogens (tertiary/aromatic N) is 3. The van der Waals surface area contributed by atoms with Crippen molar-refractivity contribution in [2.24, 2.45) is 5.92 Å². The second kappa shape index (κ2) is 5.23. The fraction of sp³-hybridized carbons (Fsp3) is 0.500. The maximum atomic E-state index is 11.3. The Labute approximate surface area is 126 Å². The molecule has 0 radical (unpaired) electrons. The quantitative estimate of drug-likeness (QED) is 0.900. The number of carbonyl (C=O) groups is 1. The van der Waals surface area contributed by atoms with E-state index in [1.54, 1.807) is 6.92 Å². The molecular formula is C14H17N3O3S. The van der Waals surface area contributed by atoms with Crippen LogP contribution in [0.3, 0.4) is 0 Å². The lowest BCUT2D eigenvalue weighted by atomic mass is 10.0. The van der Waals surface area contributed by atoms with E-state index in [0.717, 1.165) is 24.2 Å². The van der Waals surface area contributed by atoms with Crippen LogP contribution < -0.4 is 4.90 Å². The maximum Gasteiger partial charge on any atom is 0.346 e. The summed E-state index contributed by atoms with van der Waals surface area (Å²) in [5, 5.41) is 19.7. The lowest BCUT2D eigenvalue weighted by Crippen LogP contribution is -2.35. The first-order valence-electron chi connectivity index (χ1n) is 6.89. The fourth-order valence-electron chi connectivity index (χ4n) is 3.02. The molecule has 6 nitrogen and oxygen atoms in total. The second-order valence-electron chi connectivity index (χ2n) is 5.45. The molecule has 21 heavy (non-hydrogen) atoms. The van der Waals surface area contributed by atoms with Crippen LogP contribution in [0.4, 0.5) is 5.82 Å². The summed E-state index contributed by atoms with van der Waals surface area (Å²) in [4.78, 5) is 23.0. The van der Waals surface area contributed by atoms with E-state index in [9.17, 15) is 15.0 Å². The molecule has 3 rings (SSSR count). The lowest BCUT2D eigenvalue weighted by molar-refractivity contribution is 0.0701. The van der Waals surface area contributed by atoms with Crippen LogP contribution in [0.15, 0.2) is 6.33 Å². The van der Waals surface area contributed by atoms with Crippen molar-refractivity contribution in [1.82, 2.24) is 9.97 Å². The van der Waals surface area contributed by atoms with E-state index in [0.29, 0.717) is 21.2 Å². The number of aryl methyl sites for hydroxylation is 1. The van der Waals surface area contributed by atoms with Gasteiger partial charge in [0.15, 0.2) is 0 Å². The molecule has 1 fully saturated rings. The van der Waals surface area contributed by atoms with Crippen molar-refractivity contribution in [1.29, 1.82) is 0 Å². The second-order valence-corrected chi connectivity index (χ2v) is 6.45. The minimum absolute atomic E-state index is 0.0238. The molecule has 0 amide bonds. The molecule has 2 aromatic rings. The predicted molar refractivity (Wildman–Crippen MR) is 81.1 cm³/mol. The average molecular weight is 307 g/mol. The number of carboxylic acid groups (broad SMARTS) is 1. The van der Waals surface area contributed by atoms with Gasteiger partial charge in [0.05, 0.1) is 18.0 Å².